The molecular formula is C20H20N2O4S. The molecule has 2 N–H and O–H groups in total. The number of carbonyl (C=O) groups excluding carboxylic acids is 3. The van der Waals surface area contributed by atoms with Gasteiger partial charge in [-0.05, 0) is 42.9 Å². The van der Waals surface area contributed by atoms with Crippen molar-refractivity contribution in [3.63, 3.8) is 0 Å². The van der Waals surface area contributed by atoms with Crippen molar-refractivity contribution >= 4 is 39.8 Å². The lowest BCUT2D eigenvalue weighted by Gasteiger charge is -2.24. The Morgan fingerprint density at radius 3 is 2.81 bits per heavy atom. The summed E-state index contributed by atoms with van der Waals surface area (Å²) in [6, 6.07) is 7.30. The van der Waals surface area contributed by atoms with Crippen molar-refractivity contribution in [3.8, 4) is 0 Å². The number of methoxy groups -OCH3 is 1. The molecule has 1 unspecified atom stereocenters. The number of carbonyl (C=O) groups is 3. The van der Waals surface area contributed by atoms with Crippen LogP contribution in [0.3, 0.4) is 0 Å². The molecule has 0 fully saturated rings. The van der Waals surface area contributed by atoms with E-state index < -0.39 is 11.9 Å². The highest BCUT2D eigenvalue weighted by atomic mass is 32.1. The summed E-state index contributed by atoms with van der Waals surface area (Å²) in [5.41, 5.74) is 2.91. The van der Waals surface area contributed by atoms with E-state index in [2.05, 4.69) is 10.6 Å². The predicted molar refractivity (Wildman–Crippen MR) is 103 cm³/mol. The summed E-state index contributed by atoms with van der Waals surface area (Å²) in [5.74, 6) is -1.47. The summed E-state index contributed by atoms with van der Waals surface area (Å²) in [6.45, 7) is 0. The zero-order valence-corrected chi connectivity index (χ0v) is 15.8. The number of esters is 1. The van der Waals surface area contributed by atoms with Gasteiger partial charge < -0.3 is 15.4 Å². The first kappa shape index (κ1) is 17.7. The van der Waals surface area contributed by atoms with Crippen LogP contribution in [0.25, 0.3) is 0 Å². The van der Waals surface area contributed by atoms with Crippen LogP contribution in [0.5, 0.6) is 0 Å². The second kappa shape index (κ2) is 7.15. The SMILES string of the molecule is COC(=O)c1c(NC(=O)C2CC(=O)Nc3ccccc32)sc2c1CCCC2. The normalized spacial score (nSPS) is 18.1. The highest BCUT2D eigenvalue weighted by molar-refractivity contribution is 7.17. The number of ether oxygens (including phenoxy) is 1. The van der Waals surface area contributed by atoms with Crippen LogP contribution < -0.4 is 10.6 Å². The fourth-order valence-electron chi connectivity index (χ4n) is 3.82. The Morgan fingerprint density at radius 1 is 1.22 bits per heavy atom. The van der Waals surface area contributed by atoms with Crippen LogP contribution >= 0.6 is 11.3 Å². The Balaban J connectivity index is 1.67. The van der Waals surface area contributed by atoms with E-state index in [1.54, 1.807) is 6.07 Å². The fraction of sp³-hybridized carbons (Fsp3) is 0.350. The van der Waals surface area contributed by atoms with Crippen molar-refractivity contribution in [2.24, 2.45) is 0 Å². The Kier molecular flexibility index (Phi) is 4.70. The molecule has 0 saturated carbocycles. The van der Waals surface area contributed by atoms with Gasteiger partial charge in [-0.3, -0.25) is 9.59 Å². The molecule has 1 aliphatic carbocycles. The molecule has 6 nitrogen and oxygen atoms in total. The van der Waals surface area contributed by atoms with E-state index in [0.29, 0.717) is 16.3 Å². The predicted octanol–water partition coefficient (Wildman–Crippen LogP) is 3.48. The van der Waals surface area contributed by atoms with E-state index in [1.165, 1.54) is 18.4 Å². The van der Waals surface area contributed by atoms with E-state index >= 15 is 0 Å². The summed E-state index contributed by atoms with van der Waals surface area (Å²) in [6.07, 6.45) is 3.92. The molecule has 1 aliphatic heterocycles. The molecule has 2 aromatic rings. The summed E-state index contributed by atoms with van der Waals surface area (Å²) in [5, 5.41) is 6.24. The van der Waals surface area contributed by atoms with Gasteiger partial charge in [0.15, 0.2) is 0 Å². The molecule has 0 spiro atoms. The van der Waals surface area contributed by atoms with Crippen LogP contribution in [-0.4, -0.2) is 24.9 Å². The van der Waals surface area contributed by atoms with Gasteiger partial charge in [-0.2, -0.15) is 0 Å². The minimum atomic E-state index is -0.584. The lowest BCUT2D eigenvalue weighted by Crippen LogP contribution is -2.30. The van der Waals surface area contributed by atoms with Crippen molar-refractivity contribution in [3.05, 3.63) is 45.8 Å². The molecule has 1 atom stereocenters. The molecule has 2 heterocycles. The summed E-state index contributed by atoms with van der Waals surface area (Å²) < 4.78 is 4.95. The van der Waals surface area contributed by atoms with Crippen LogP contribution in [0.1, 0.15) is 51.5 Å². The summed E-state index contributed by atoms with van der Waals surface area (Å²) >= 11 is 1.45. The van der Waals surface area contributed by atoms with E-state index in [4.69, 9.17) is 4.74 Å². The molecule has 0 radical (unpaired) electrons. The second-order valence-corrected chi connectivity index (χ2v) is 7.89. The molecule has 1 aromatic heterocycles. The number of rotatable bonds is 3. The van der Waals surface area contributed by atoms with Gasteiger partial charge in [0.1, 0.15) is 5.00 Å². The maximum Gasteiger partial charge on any atom is 0.341 e. The maximum absolute atomic E-state index is 13.0. The third kappa shape index (κ3) is 3.23. The maximum atomic E-state index is 13.0. The Bertz CT molecular complexity index is 934. The molecule has 0 bridgehead atoms. The van der Waals surface area contributed by atoms with E-state index in [-0.39, 0.29) is 18.2 Å². The first-order valence-corrected chi connectivity index (χ1v) is 9.82. The lowest BCUT2D eigenvalue weighted by atomic mass is 9.89. The van der Waals surface area contributed by atoms with Crippen molar-refractivity contribution in [1.29, 1.82) is 0 Å². The third-order valence-corrected chi connectivity index (χ3v) is 6.32. The van der Waals surface area contributed by atoms with Gasteiger partial charge in [-0.15, -0.1) is 11.3 Å². The van der Waals surface area contributed by atoms with E-state index in [9.17, 15) is 14.4 Å². The number of thiophene rings is 1. The average Bonchev–Trinajstić information content (AvgIpc) is 3.04. The minimum absolute atomic E-state index is 0.0848. The monoisotopic (exact) mass is 384 g/mol. The van der Waals surface area contributed by atoms with Crippen LogP contribution in [0.2, 0.25) is 0 Å². The second-order valence-electron chi connectivity index (χ2n) is 6.79. The molecule has 2 amide bonds. The molecular weight excluding hydrogens is 364 g/mol. The average molecular weight is 384 g/mol. The molecule has 4 rings (SSSR count). The smallest absolute Gasteiger partial charge is 0.341 e. The van der Waals surface area contributed by atoms with Crippen molar-refractivity contribution < 1.29 is 19.1 Å². The number of para-hydroxylation sites is 1. The van der Waals surface area contributed by atoms with Gasteiger partial charge in [0.2, 0.25) is 11.8 Å². The van der Waals surface area contributed by atoms with Crippen molar-refractivity contribution in [1.82, 2.24) is 0 Å². The molecule has 0 saturated heterocycles. The first-order valence-electron chi connectivity index (χ1n) is 9.01. The Labute approximate surface area is 160 Å². The zero-order chi connectivity index (χ0) is 19.0. The number of amides is 2. The van der Waals surface area contributed by atoms with Crippen LogP contribution in [-0.2, 0) is 27.2 Å². The molecule has 27 heavy (non-hydrogen) atoms. The number of benzene rings is 1. The van der Waals surface area contributed by atoms with Gasteiger partial charge >= 0.3 is 5.97 Å². The van der Waals surface area contributed by atoms with E-state index in [1.807, 2.05) is 18.2 Å². The Morgan fingerprint density at radius 2 is 2.00 bits per heavy atom. The largest absolute Gasteiger partial charge is 0.465 e. The quantitative estimate of drug-likeness (QED) is 0.794. The number of aryl methyl sites for hydroxylation is 1. The highest BCUT2D eigenvalue weighted by Gasteiger charge is 2.33. The Hall–Kier alpha value is -2.67. The summed E-state index contributed by atoms with van der Waals surface area (Å²) in [7, 11) is 1.35. The molecule has 1 aromatic carbocycles. The van der Waals surface area contributed by atoms with Gasteiger partial charge in [0, 0.05) is 17.0 Å². The number of hydrogen-bond donors (Lipinski definition) is 2. The van der Waals surface area contributed by atoms with Gasteiger partial charge in [-0.25, -0.2) is 4.79 Å². The zero-order valence-electron chi connectivity index (χ0n) is 15.0. The van der Waals surface area contributed by atoms with Gasteiger partial charge in [0.05, 0.1) is 18.6 Å². The van der Waals surface area contributed by atoms with Gasteiger partial charge in [-0.1, -0.05) is 18.2 Å². The number of nitrogens with one attached hydrogen (secondary N) is 2. The molecule has 7 heteroatoms. The third-order valence-electron chi connectivity index (χ3n) is 5.11. The van der Waals surface area contributed by atoms with Crippen LogP contribution in [0.4, 0.5) is 10.7 Å². The minimum Gasteiger partial charge on any atom is -0.465 e. The number of fused-ring (bicyclic) bond motifs is 2. The summed E-state index contributed by atoms with van der Waals surface area (Å²) in [4.78, 5) is 38.5. The van der Waals surface area contributed by atoms with Crippen LogP contribution in [0.15, 0.2) is 24.3 Å². The lowest BCUT2D eigenvalue weighted by molar-refractivity contribution is -0.123. The van der Waals surface area contributed by atoms with Crippen molar-refractivity contribution in [2.75, 3.05) is 17.7 Å². The topological polar surface area (TPSA) is 84.5 Å². The molecule has 2 aliphatic rings. The molecule has 140 valence electrons. The van der Waals surface area contributed by atoms with Crippen molar-refractivity contribution in [2.45, 2.75) is 38.0 Å². The fourth-order valence-corrected chi connectivity index (χ4v) is 5.10. The van der Waals surface area contributed by atoms with Gasteiger partial charge in [0.25, 0.3) is 0 Å². The van der Waals surface area contributed by atoms with Crippen LogP contribution in [0, 0.1) is 0 Å². The number of hydrogen-bond acceptors (Lipinski definition) is 5. The highest BCUT2D eigenvalue weighted by Crippen LogP contribution is 2.40. The van der Waals surface area contributed by atoms with E-state index in [0.717, 1.165) is 41.7 Å². The first-order chi connectivity index (χ1) is 13.1. The standard InChI is InChI=1S/C20H20N2O4S/c1-26-20(25)17-12-7-3-5-9-15(12)27-19(17)22-18(24)13-10-16(23)21-14-8-4-2-6-11(13)14/h2,4,6,8,13H,3,5,7,9-10H2,1H3,(H,21,23)(H,22,24). The number of anilines is 2.